The van der Waals surface area contributed by atoms with Crippen LogP contribution in [0.15, 0.2) is 36.4 Å². The molecule has 0 amide bonds. The van der Waals surface area contributed by atoms with Crippen LogP contribution in [0.25, 0.3) is 6.08 Å². The Morgan fingerprint density at radius 3 is 2.36 bits per heavy atom. The van der Waals surface area contributed by atoms with E-state index in [1.807, 2.05) is 13.0 Å². The third kappa shape index (κ3) is 4.59. The number of hydrogen-bond donors (Lipinski definition) is 0. The Bertz CT molecular complexity index is 798. The molecule has 0 fully saturated rings. The van der Waals surface area contributed by atoms with Crippen molar-refractivity contribution < 1.29 is 19.4 Å². The quantitative estimate of drug-likeness (QED) is 0.574. The molecule has 2 rings (SSSR count). The molecule has 1 aromatic heterocycles. The summed E-state index contributed by atoms with van der Waals surface area (Å²) in [7, 11) is 0. The fraction of sp³-hybridized carbons (Fsp3) is 0.300. The summed E-state index contributed by atoms with van der Waals surface area (Å²) in [6.45, 7) is 7.84. The lowest BCUT2D eigenvalue weighted by Crippen LogP contribution is -2.28. The lowest BCUT2D eigenvalue weighted by Gasteiger charge is -2.13. The van der Waals surface area contributed by atoms with Crippen molar-refractivity contribution in [2.45, 2.75) is 33.7 Å². The standard InChI is InChI=1S/C20H23NO4/c1-13(2)21-14(3)11-17(15(21)4)7-10-19(22)16-5-8-18(9-6-16)25-12-20(23)24/h5-11,13H,12H2,1-4H3,(H,23,24)/p-1/b10-7+. The smallest absolute Gasteiger partial charge is 0.185 e. The third-order valence-corrected chi connectivity index (χ3v) is 3.95. The summed E-state index contributed by atoms with van der Waals surface area (Å²) in [5, 5.41) is 10.4. The molecule has 0 saturated carbocycles. The first kappa shape index (κ1) is 18.5. The molecule has 0 spiro atoms. The molecule has 0 aliphatic heterocycles. The number of aliphatic carboxylic acids is 1. The number of carbonyl (C=O) groups is 2. The first-order valence-electron chi connectivity index (χ1n) is 8.13. The number of ketones is 1. The van der Waals surface area contributed by atoms with Crippen molar-refractivity contribution in [1.29, 1.82) is 0 Å². The molecule has 5 nitrogen and oxygen atoms in total. The maximum absolute atomic E-state index is 12.3. The van der Waals surface area contributed by atoms with Gasteiger partial charge in [-0.15, -0.1) is 0 Å². The number of nitrogens with zero attached hydrogens (tertiary/aromatic N) is 1. The van der Waals surface area contributed by atoms with Gasteiger partial charge in [-0.2, -0.15) is 0 Å². The Kier molecular flexibility index (Phi) is 5.80. The van der Waals surface area contributed by atoms with Gasteiger partial charge < -0.3 is 19.2 Å². The third-order valence-electron chi connectivity index (χ3n) is 3.95. The Morgan fingerprint density at radius 2 is 1.84 bits per heavy atom. The van der Waals surface area contributed by atoms with Crippen LogP contribution in [0.4, 0.5) is 0 Å². The van der Waals surface area contributed by atoms with Gasteiger partial charge in [-0.1, -0.05) is 0 Å². The molecule has 0 aliphatic carbocycles. The Labute approximate surface area is 147 Å². The zero-order chi connectivity index (χ0) is 18.6. The van der Waals surface area contributed by atoms with E-state index in [2.05, 4.69) is 31.4 Å². The van der Waals surface area contributed by atoms with Crippen molar-refractivity contribution >= 4 is 17.8 Å². The van der Waals surface area contributed by atoms with Crippen molar-refractivity contribution in [3.8, 4) is 5.75 Å². The van der Waals surface area contributed by atoms with Crippen LogP contribution in [0.3, 0.4) is 0 Å². The van der Waals surface area contributed by atoms with Gasteiger partial charge >= 0.3 is 0 Å². The molecule has 0 unspecified atom stereocenters. The number of ether oxygens (including phenoxy) is 1. The van der Waals surface area contributed by atoms with Gasteiger partial charge in [0.05, 0.1) is 5.97 Å². The number of rotatable bonds is 7. The number of hydrogen-bond acceptors (Lipinski definition) is 4. The Balaban J connectivity index is 2.10. The monoisotopic (exact) mass is 340 g/mol. The van der Waals surface area contributed by atoms with Crippen molar-refractivity contribution in [3.05, 3.63) is 58.9 Å². The maximum atomic E-state index is 12.3. The Morgan fingerprint density at radius 1 is 1.20 bits per heavy atom. The summed E-state index contributed by atoms with van der Waals surface area (Å²) in [6, 6.07) is 8.77. The fourth-order valence-electron chi connectivity index (χ4n) is 2.89. The van der Waals surface area contributed by atoms with E-state index < -0.39 is 12.6 Å². The van der Waals surface area contributed by atoms with Crippen molar-refractivity contribution in [2.24, 2.45) is 0 Å². The van der Waals surface area contributed by atoms with Crippen LogP contribution in [0.1, 0.15) is 47.2 Å². The van der Waals surface area contributed by atoms with E-state index in [1.165, 1.54) is 0 Å². The predicted octanol–water partition coefficient (Wildman–Crippen LogP) is 2.71. The van der Waals surface area contributed by atoms with Crippen LogP contribution < -0.4 is 9.84 Å². The molecular formula is C20H22NO4-. The van der Waals surface area contributed by atoms with E-state index in [-0.39, 0.29) is 5.78 Å². The van der Waals surface area contributed by atoms with E-state index in [0.29, 0.717) is 17.4 Å². The summed E-state index contributed by atoms with van der Waals surface area (Å²) >= 11 is 0. The molecule has 0 aliphatic rings. The number of carboxylic acids is 1. The highest BCUT2D eigenvalue weighted by molar-refractivity contribution is 6.06. The van der Waals surface area contributed by atoms with Gasteiger partial charge in [-0.05, 0) is 75.7 Å². The first-order chi connectivity index (χ1) is 11.8. The van der Waals surface area contributed by atoms with Gasteiger partial charge in [-0.25, -0.2) is 0 Å². The van der Waals surface area contributed by atoms with Crippen LogP contribution >= 0.6 is 0 Å². The second kappa shape index (κ2) is 7.83. The van der Waals surface area contributed by atoms with Gasteiger partial charge in [0.2, 0.25) is 0 Å². The zero-order valence-electron chi connectivity index (χ0n) is 14.9. The van der Waals surface area contributed by atoms with Gasteiger partial charge in [0, 0.05) is 23.0 Å². The van der Waals surface area contributed by atoms with Gasteiger partial charge in [0.1, 0.15) is 12.4 Å². The van der Waals surface area contributed by atoms with E-state index in [9.17, 15) is 14.7 Å². The van der Waals surface area contributed by atoms with E-state index in [4.69, 9.17) is 4.74 Å². The number of carbonyl (C=O) groups excluding carboxylic acids is 2. The summed E-state index contributed by atoms with van der Waals surface area (Å²) in [5.74, 6) is -1.03. The van der Waals surface area contributed by atoms with E-state index >= 15 is 0 Å². The molecule has 0 bridgehead atoms. The highest BCUT2D eigenvalue weighted by Crippen LogP contribution is 2.21. The minimum atomic E-state index is -1.29. The number of allylic oxidation sites excluding steroid dienone is 1. The fourth-order valence-corrected chi connectivity index (χ4v) is 2.89. The maximum Gasteiger partial charge on any atom is 0.185 e. The lowest BCUT2D eigenvalue weighted by atomic mass is 10.1. The Hall–Kier alpha value is -2.82. The second-order valence-electron chi connectivity index (χ2n) is 6.17. The normalized spacial score (nSPS) is 11.2. The topological polar surface area (TPSA) is 71.4 Å². The largest absolute Gasteiger partial charge is 0.546 e. The minimum absolute atomic E-state index is 0.124. The average molecular weight is 340 g/mol. The highest BCUT2D eigenvalue weighted by Gasteiger charge is 2.10. The molecule has 0 atom stereocenters. The molecular weight excluding hydrogens is 318 g/mol. The van der Waals surface area contributed by atoms with Gasteiger partial charge in [0.15, 0.2) is 5.78 Å². The van der Waals surface area contributed by atoms with Crippen molar-refractivity contribution in [2.75, 3.05) is 6.61 Å². The molecule has 132 valence electrons. The summed E-state index contributed by atoms with van der Waals surface area (Å²) < 4.78 is 7.22. The molecule has 5 heteroatoms. The van der Waals surface area contributed by atoms with E-state index in [0.717, 1.165) is 17.0 Å². The summed E-state index contributed by atoms with van der Waals surface area (Å²) in [4.78, 5) is 22.7. The van der Waals surface area contributed by atoms with Gasteiger partial charge in [-0.3, -0.25) is 4.79 Å². The second-order valence-corrected chi connectivity index (χ2v) is 6.17. The molecule has 25 heavy (non-hydrogen) atoms. The van der Waals surface area contributed by atoms with Gasteiger partial charge in [0.25, 0.3) is 0 Å². The van der Waals surface area contributed by atoms with Crippen LogP contribution in [-0.4, -0.2) is 22.9 Å². The molecule has 1 heterocycles. The summed E-state index contributed by atoms with van der Waals surface area (Å²) in [5.41, 5.74) is 3.82. The zero-order valence-corrected chi connectivity index (χ0v) is 14.9. The predicted molar refractivity (Wildman–Crippen MR) is 94.6 cm³/mol. The molecule has 0 radical (unpaired) electrons. The molecule has 2 aromatic rings. The number of aromatic nitrogens is 1. The van der Waals surface area contributed by atoms with Crippen LogP contribution in [-0.2, 0) is 4.79 Å². The van der Waals surface area contributed by atoms with Crippen molar-refractivity contribution in [1.82, 2.24) is 4.57 Å². The first-order valence-corrected chi connectivity index (χ1v) is 8.13. The number of benzene rings is 1. The molecule has 0 saturated heterocycles. The van der Waals surface area contributed by atoms with E-state index in [1.54, 1.807) is 30.3 Å². The average Bonchev–Trinajstić information content (AvgIpc) is 2.85. The number of aryl methyl sites for hydroxylation is 1. The van der Waals surface area contributed by atoms with Crippen LogP contribution in [0.2, 0.25) is 0 Å². The van der Waals surface area contributed by atoms with Crippen LogP contribution in [0.5, 0.6) is 5.75 Å². The van der Waals surface area contributed by atoms with Crippen LogP contribution in [0, 0.1) is 13.8 Å². The van der Waals surface area contributed by atoms with Crippen molar-refractivity contribution in [3.63, 3.8) is 0 Å². The number of carboxylic acid groups (broad SMARTS) is 1. The summed E-state index contributed by atoms with van der Waals surface area (Å²) in [6.07, 6.45) is 3.37. The molecule has 0 N–H and O–H groups in total. The molecule has 1 aromatic carbocycles. The SMILES string of the molecule is Cc1cc(/C=C/C(=O)c2ccc(OCC(=O)[O-])cc2)c(C)n1C(C)C. The lowest BCUT2D eigenvalue weighted by molar-refractivity contribution is -0.307. The minimum Gasteiger partial charge on any atom is -0.546 e. The highest BCUT2D eigenvalue weighted by atomic mass is 16.5.